The predicted octanol–water partition coefficient (Wildman–Crippen LogP) is 4.84. The first-order chi connectivity index (χ1) is 11.7. The summed E-state index contributed by atoms with van der Waals surface area (Å²) in [5, 5.41) is 5.65. The van der Waals surface area contributed by atoms with Crippen molar-refractivity contribution in [3.05, 3.63) is 66.5 Å². The first kappa shape index (κ1) is 14.5. The van der Waals surface area contributed by atoms with E-state index >= 15 is 0 Å². The molecule has 0 spiro atoms. The molecule has 0 aliphatic rings. The molecule has 0 saturated carbocycles. The Hall–Kier alpha value is -3.14. The molecule has 4 rings (SSSR count). The molecule has 0 unspecified atom stereocenters. The molecule has 0 amide bonds. The van der Waals surface area contributed by atoms with Crippen molar-refractivity contribution in [3.8, 4) is 5.75 Å². The number of para-hydroxylation sites is 1. The molecule has 0 bridgehead atoms. The van der Waals surface area contributed by atoms with Crippen LogP contribution in [0.4, 0.5) is 11.4 Å². The second kappa shape index (κ2) is 5.81. The fourth-order valence-electron chi connectivity index (χ4n) is 2.92. The van der Waals surface area contributed by atoms with Crippen molar-refractivity contribution in [2.75, 3.05) is 12.4 Å². The second-order valence-corrected chi connectivity index (χ2v) is 5.70. The number of hydrogen-bond donors (Lipinski definition) is 1. The van der Waals surface area contributed by atoms with Gasteiger partial charge in [-0.15, -0.1) is 0 Å². The Kier molecular flexibility index (Phi) is 3.50. The first-order valence-corrected chi connectivity index (χ1v) is 7.81. The number of aryl methyl sites for hydroxylation is 1. The van der Waals surface area contributed by atoms with Crippen molar-refractivity contribution in [3.63, 3.8) is 0 Å². The van der Waals surface area contributed by atoms with Crippen LogP contribution in [0.25, 0.3) is 21.8 Å². The summed E-state index contributed by atoms with van der Waals surface area (Å²) in [4.78, 5) is 9.12. The maximum absolute atomic E-state index is 5.36. The summed E-state index contributed by atoms with van der Waals surface area (Å²) in [6, 6.07) is 18.1. The lowest BCUT2D eigenvalue weighted by molar-refractivity contribution is 0.415. The van der Waals surface area contributed by atoms with E-state index in [9.17, 15) is 0 Å². The smallest absolute Gasteiger partial charge is 0.119 e. The highest BCUT2D eigenvalue weighted by molar-refractivity contribution is 5.98. The molecule has 0 fully saturated rings. The van der Waals surface area contributed by atoms with E-state index in [-0.39, 0.29) is 0 Å². The van der Waals surface area contributed by atoms with E-state index in [1.54, 1.807) is 7.11 Å². The minimum atomic E-state index is 0.812. The Morgan fingerprint density at radius 2 is 1.83 bits per heavy atom. The average Bonchev–Trinajstić information content (AvgIpc) is 2.61. The SMILES string of the molecule is COc1ccc2nc(C)cc(Nc3cccc4cccnc34)c2c1. The number of aromatic nitrogens is 2. The largest absolute Gasteiger partial charge is 0.497 e. The zero-order valence-electron chi connectivity index (χ0n) is 13.6. The standard InChI is InChI=1S/C20H17N3O/c1-13-11-19(16-12-15(24-2)8-9-17(16)22-13)23-18-7-3-5-14-6-4-10-21-20(14)18/h3-12H,1-2H3,(H,22,23). The maximum Gasteiger partial charge on any atom is 0.119 e. The van der Waals surface area contributed by atoms with Crippen LogP contribution in [0.5, 0.6) is 5.75 Å². The molecule has 0 saturated heterocycles. The van der Waals surface area contributed by atoms with Gasteiger partial charge >= 0.3 is 0 Å². The van der Waals surface area contributed by atoms with Gasteiger partial charge in [0.05, 0.1) is 23.8 Å². The van der Waals surface area contributed by atoms with Gasteiger partial charge in [0.15, 0.2) is 0 Å². The minimum Gasteiger partial charge on any atom is -0.497 e. The third-order valence-electron chi connectivity index (χ3n) is 4.05. The number of fused-ring (bicyclic) bond motifs is 2. The summed E-state index contributed by atoms with van der Waals surface area (Å²) in [5.74, 6) is 0.812. The summed E-state index contributed by atoms with van der Waals surface area (Å²) in [6.07, 6.45) is 1.81. The van der Waals surface area contributed by atoms with Crippen molar-refractivity contribution in [2.45, 2.75) is 6.92 Å². The molecule has 0 atom stereocenters. The number of ether oxygens (including phenoxy) is 1. The quantitative estimate of drug-likeness (QED) is 0.587. The van der Waals surface area contributed by atoms with E-state index in [1.165, 1.54) is 0 Å². The highest BCUT2D eigenvalue weighted by Gasteiger charge is 2.08. The monoisotopic (exact) mass is 315 g/mol. The molecule has 1 N–H and O–H groups in total. The number of rotatable bonds is 3. The average molecular weight is 315 g/mol. The van der Waals surface area contributed by atoms with Crippen LogP contribution in [0, 0.1) is 6.92 Å². The number of pyridine rings is 2. The molecule has 2 aromatic carbocycles. The topological polar surface area (TPSA) is 47.0 Å². The Labute approximate surface area is 140 Å². The van der Waals surface area contributed by atoms with E-state index < -0.39 is 0 Å². The predicted molar refractivity (Wildman–Crippen MR) is 98.1 cm³/mol. The Morgan fingerprint density at radius 1 is 0.958 bits per heavy atom. The fraction of sp³-hybridized carbons (Fsp3) is 0.100. The zero-order valence-corrected chi connectivity index (χ0v) is 13.6. The first-order valence-electron chi connectivity index (χ1n) is 7.81. The molecule has 2 heterocycles. The van der Waals surface area contributed by atoms with Crippen LogP contribution in [0.3, 0.4) is 0 Å². The van der Waals surface area contributed by atoms with Gasteiger partial charge in [-0.05, 0) is 43.3 Å². The van der Waals surface area contributed by atoms with Crippen LogP contribution < -0.4 is 10.1 Å². The number of anilines is 2. The lowest BCUT2D eigenvalue weighted by atomic mass is 10.1. The number of methoxy groups -OCH3 is 1. The molecular weight excluding hydrogens is 298 g/mol. The lowest BCUT2D eigenvalue weighted by Crippen LogP contribution is -1.97. The molecule has 4 heteroatoms. The number of hydrogen-bond acceptors (Lipinski definition) is 4. The van der Waals surface area contributed by atoms with Crippen molar-refractivity contribution < 1.29 is 4.74 Å². The number of nitrogens with zero attached hydrogens (tertiary/aromatic N) is 2. The molecule has 0 radical (unpaired) electrons. The summed E-state index contributed by atoms with van der Waals surface area (Å²) < 4.78 is 5.36. The van der Waals surface area contributed by atoms with Gasteiger partial charge in [-0.3, -0.25) is 9.97 Å². The highest BCUT2D eigenvalue weighted by Crippen LogP contribution is 2.31. The van der Waals surface area contributed by atoms with Crippen LogP contribution in [0.2, 0.25) is 0 Å². The molecule has 2 aromatic heterocycles. The molecule has 24 heavy (non-hydrogen) atoms. The van der Waals surface area contributed by atoms with Crippen molar-refractivity contribution >= 4 is 33.2 Å². The van der Waals surface area contributed by atoms with Crippen LogP contribution in [-0.4, -0.2) is 17.1 Å². The Bertz CT molecular complexity index is 1040. The molecular formula is C20H17N3O. The van der Waals surface area contributed by atoms with Crippen LogP contribution >= 0.6 is 0 Å². The maximum atomic E-state index is 5.36. The number of nitrogens with one attached hydrogen (secondary N) is 1. The summed E-state index contributed by atoms with van der Waals surface area (Å²) in [7, 11) is 1.67. The minimum absolute atomic E-state index is 0.812. The molecule has 118 valence electrons. The van der Waals surface area contributed by atoms with Crippen LogP contribution in [0.1, 0.15) is 5.69 Å². The van der Waals surface area contributed by atoms with E-state index in [0.717, 1.165) is 44.6 Å². The van der Waals surface area contributed by atoms with E-state index in [1.807, 2.05) is 55.6 Å². The molecule has 0 aliphatic carbocycles. The van der Waals surface area contributed by atoms with E-state index in [0.29, 0.717) is 0 Å². The van der Waals surface area contributed by atoms with E-state index in [2.05, 4.69) is 27.4 Å². The number of benzene rings is 2. The summed E-state index contributed by atoms with van der Waals surface area (Å²) in [5.41, 5.74) is 4.82. The van der Waals surface area contributed by atoms with Gasteiger partial charge in [0.2, 0.25) is 0 Å². The zero-order chi connectivity index (χ0) is 16.5. The van der Waals surface area contributed by atoms with Gasteiger partial charge < -0.3 is 10.1 Å². The summed E-state index contributed by atoms with van der Waals surface area (Å²) >= 11 is 0. The summed E-state index contributed by atoms with van der Waals surface area (Å²) in [6.45, 7) is 2.00. The van der Waals surface area contributed by atoms with Gasteiger partial charge in [-0.2, -0.15) is 0 Å². The Balaban J connectivity index is 1.89. The molecule has 0 aliphatic heterocycles. The van der Waals surface area contributed by atoms with Gasteiger partial charge in [0.1, 0.15) is 5.75 Å². The third-order valence-corrected chi connectivity index (χ3v) is 4.05. The van der Waals surface area contributed by atoms with Crippen molar-refractivity contribution in [1.82, 2.24) is 9.97 Å². The highest BCUT2D eigenvalue weighted by atomic mass is 16.5. The Morgan fingerprint density at radius 3 is 2.71 bits per heavy atom. The lowest BCUT2D eigenvalue weighted by Gasteiger charge is -2.13. The van der Waals surface area contributed by atoms with Crippen molar-refractivity contribution in [1.29, 1.82) is 0 Å². The van der Waals surface area contributed by atoms with Crippen LogP contribution in [0.15, 0.2) is 60.8 Å². The second-order valence-electron chi connectivity index (χ2n) is 5.70. The molecule has 4 aromatic rings. The van der Waals surface area contributed by atoms with Crippen molar-refractivity contribution in [2.24, 2.45) is 0 Å². The fourth-order valence-corrected chi connectivity index (χ4v) is 2.92. The normalized spacial score (nSPS) is 10.9. The molecule has 4 nitrogen and oxygen atoms in total. The van der Waals surface area contributed by atoms with Gasteiger partial charge in [0, 0.05) is 28.4 Å². The third kappa shape index (κ3) is 2.52. The van der Waals surface area contributed by atoms with Gasteiger partial charge in [0.25, 0.3) is 0 Å². The van der Waals surface area contributed by atoms with Gasteiger partial charge in [-0.25, -0.2) is 0 Å². The van der Waals surface area contributed by atoms with Crippen LogP contribution in [-0.2, 0) is 0 Å². The van der Waals surface area contributed by atoms with E-state index in [4.69, 9.17) is 4.74 Å². The van der Waals surface area contributed by atoms with Gasteiger partial charge in [-0.1, -0.05) is 18.2 Å².